The molecule has 0 radical (unpaired) electrons. The van der Waals surface area contributed by atoms with Crippen molar-refractivity contribution in [3.8, 4) is 0 Å². The zero-order valence-electron chi connectivity index (χ0n) is 9.16. The number of ether oxygens (including phenoxy) is 1. The summed E-state index contributed by atoms with van der Waals surface area (Å²) in [6, 6.07) is 3.33. The Bertz CT molecular complexity index is 280. The molecule has 1 amide bonds. The topological polar surface area (TPSA) is 51.5 Å². The van der Waals surface area contributed by atoms with Gasteiger partial charge in [0, 0.05) is 13.2 Å². The fraction of sp³-hybridized carbons (Fsp3) is 0.545. The van der Waals surface area contributed by atoms with E-state index in [1.54, 1.807) is 12.1 Å². The van der Waals surface area contributed by atoms with Crippen molar-refractivity contribution >= 4 is 5.91 Å². The Hall–Kier alpha value is -1.29. The standard InChI is InChI=1S/C11H17NO3/c1-9(2)14-8-4-6-12-11(13)10-5-3-7-15-10/h3,5,7,9H,4,6,8H2,1-2H3,(H,12,13). The van der Waals surface area contributed by atoms with Crippen LogP contribution in [0.1, 0.15) is 30.8 Å². The first-order chi connectivity index (χ1) is 7.20. The predicted octanol–water partition coefficient (Wildman–Crippen LogP) is 1.82. The number of hydrogen-bond acceptors (Lipinski definition) is 3. The molecule has 0 fully saturated rings. The maximum Gasteiger partial charge on any atom is 0.286 e. The lowest BCUT2D eigenvalue weighted by Gasteiger charge is -2.07. The average molecular weight is 211 g/mol. The first kappa shape index (κ1) is 11.8. The van der Waals surface area contributed by atoms with Crippen LogP contribution in [-0.4, -0.2) is 25.2 Å². The van der Waals surface area contributed by atoms with Crippen LogP contribution in [0.2, 0.25) is 0 Å². The van der Waals surface area contributed by atoms with Crippen LogP contribution < -0.4 is 5.32 Å². The van der Waals surface area contributed by atoms with Gasteiger partial charge in [0.1, 0.15) is 0 Å². The summed E-state index contributed by atoms with van der Waals surface area (Å²) in [5, 5.41) is 2.75. The summed E-state index contributed by atoms with van der Waals surface area (Å²) in [6.07, 6.45) is 2.53. The fourth-order valence-electron chi connectivity index (χ4n) is 1.09. The van der Waals surface area contributed by atoms with Gasteiger partial charge in [-0.3, -0.25) is 4.79 Å². The van der Waals surface area contributed by atoms with Gasteiger partial charge in [-0.15, -0.1) is 0 Å². The van der Waals surface area contributed by atoms with Crippen molar-refractivity contribution in [3.05, 3.63) is 24.2 Å². The minimum atomic E-state index is -0.176. The van der Waals surface area contributed by atoms with Crippen LogP contribution in [0.25, 0.3) is 0 Å². The molecular weight excluding hydrogens is 194 g/mol. The lowest BCUT2D eigenvalue weighted by atomic mass is 10.4. The smallest absolute Gasteiger partial charge is 0.286 e. The molecule has 1 N–H and O–H groups in total. The molecule has 0 saturated carbocycles. The molecular formula is C11H17NO3. The predicted molar refractivity (Wildman–Crippen MR) is 56.7 cm³/mol. The van der Waals surface area contributed by atoms with E-state index in [2.05, 4.69) is 5.32 Å². The summed E-state index contributed by atoms with van der Waals surface area (Å²) in [6.45, 7) is 5.24. The Balaban J connectivity index is 2.08. The van der Waals surface area contributed by atoms with Gasteiger partial charge in [0.15, 0.2) is 5.76 Å². The van der Waals surface area contributed by atoms with Crippen LogP contribution in [0.4, 0.5) is 0 Å². The maximum absolute atomic E-state index is 11.4. The van der Waals surface area contributed by atoms with Gasteiger partial charge in [-0.25, -0.2) is 0 Å². The van der Waals surface area contributed by atoms with E-state index in [-0.39, 0.29) is 12.0 Å². The van der Waals surface area contributed by atoms with Crippen LogP contribution in [-0.2, 0) is 4.74 Å². The largest absolute Gasteiger partial charge is 0.459 e. The second-order valence-corrected chi connectivity index (χ2v) is 3.51. The van der Waals surface area contributed by atoms with E-state index in [0.717, 1.165) is 6.42 Å². The van der Waals surface area contributed by atoms with Crippen LogP contribution in [0.3, 0.4) is 0 Å². The van der Waals surface area contributed by atoms with E-state index < -0.39 is 0 Å². The van der Waals surface area contributed by atoms with Gasteiger partial charge in [-0.05, 0) is 32.4 Å². The highest BCUT2D eigenvalue weighted by atomic mass is 16.5. The number of carbonyl (C=O) groups excluding carboxylic acids is 1. The minimum Gasteiger partial charge on any atom is -0.459 e. The SMILES string of the molecule is CC(C)OCCCNC(=O)c1ccco1. The lowest BCUT2D eigenvalue weighted by Crippen LogP contribution is -2.25. The highest BCUT2D eigenvalue weighted by Crippen LogP contribution is 1.98. The van der Waals surface area contributed by atoms with Crippen LogP contribution in [0.15, 0.2) is 22.8 Å². The van der Waals surface area contributed by atoms with Crippen molar-refractivity contribution in [1.29, 1.82) is 0 Å². The Labute approximate surface area is 89.6 Å². The van der Waals surface area contributed by atoms with Gasteiger partial charge >= 0.3 is 0 Å². The van der Waals surface area contributed by atoms with Crippen molar-refractivity contribution in [2.24, 2.45) is 0 Å². The van der Waals surface area contributed by atoms with Crippen molar-refractivity contribution in [2.75, 3.05) is 13.2 Å². The zero-order chi connectivity index (χ0) is 11.1. The second kappa shape index (κ2) is 6.24. The molecule has 4 nitrogen and oxygen atoms in total. The first-order valence-corrected chi connectivity index (χ1v) is 5.13. The third kappa shape index (κ3) is 4.65. The van der Waals surface area contributed by atoms with E-state index >= 15 is 0 Å². The first-order valence-electron chi connectivity index (χ1n) is 5.13. The number of hydrogen-bond donors (Lipinski definition) is 1. The highest BCUT2D eigenvalue weighted by Gasteiger charge is 2.06. The van der Waals surface area contributed by atoms with Crippen LogP contribution in [0, 0.1) is 0 Å². The Morgan fingerprint density at radius 1 is 1.60 bits per heavy atom. The lowest BCUT2D eigenvalue weighted by molar-refractivity contribution is 0.0753. The van der Waals surface area contributed by atoms with E-state index in [1.165, 1.54) is 6.26 Å². The van der Waals surface area contributed by atoms with Gasteiger partial charge in [-0.2, -0.15) is 0 Å². The summed E-state index contributed by atoms with van der Waals surface area (Å²) in [5.74, 6) is 0.171. The summed E-state index contributed by atoms with van der Waals surface area (Å²) >= 11 is 0. The van der Waals surface area contributed by atoms with Gasteiger partial charge in [0.05, 0.1) is 12.4 Å². The molecule has 1 rings (SSSR count). The number of rotatable bonds is 6. The number of amides is 1. The van der Waals surface area contributed by atoms with Gasteiger partial charge < -0.3 is 14.5 Å². The molecule has 0 aliphatic rings. The summed E-state index contributed by atoms with van der Waals surface area (Å²) in [5.41, 5.74) is 0. The summed E-state index contributed by atoms with van der Waals surface area (Å²) in [7, 11) is 0. The van der Waals surface area contributed by atoms with Crippen molar-refractivity contribution in [3.63, 3.8) is 0 Å². The molecule has 0 aromatic carbocycles. The highest BCUT2D eigenvalue weighted by molar-refractivity contribution is 5.91. The monoisotopic (exact) mass is 211 g/mol. The molecule has 1 aromatic rings. The molecule has 0 saturated heterocycles. The molecule has 0 aliphatic heterocycles. The number of nitrogens with one attached hydrogen (secondary N) is 1. The van der Waals surface area contributed by atoms with Gasteiger partial charge in [0.25, 0.3) is 5.91 Å². The Morgan fingerprint density at radius 3 is 3.00 bits per heavy atom. The summed E-state index contributed by atoms with van der Waals surface area (Å²) in [4.78, 5) is 11.4. The molecule has 1 heterocycles. The summed E-state index contributed by atoms with van der Waals surface area (Å²) < 4.78 is 10.3. The van der Waals surface area contributed by atoms with E-state index in [4.69, 9.17) is 9.15 Å². The van der Waals surface area contributed by atoms with Gasteiger partial charge in [-0.1, -0.05) is 0 Å². The molecule has 4 heteroatoms. The molecule has 0 bridgehead atoms. The van der Waals surface area contributed by atoms with Gasteiger partial charge in [0.2, 0.25) is 0 Å². The molecule has 1 aromatic heterocycles. The fourth-order valence-corrected chi connectivity index (χ4v) is 1.09. The van der Waals surface area contributed by atoms with Crippen molar-refractivity contribution < 1.29 is 13.9 Å². The Kier molecular flexibility index (Phi) is 4.90. The normalized spacial score (nSPS) is 10.6. The number of furan rings is 1. The molecule has 84 valence electrons. The van der Waals surface area contributed by atoms with Crippen LogP contribution >= 0.6 is 0 Å². The van der Waals surface area contributed by atoms with Crippen molar-refractivity contribution in [2.45, 2.75) is 26.4 Å². The third-order valence-corrected chi connectivity index (χ3v) is 1.80. The average Bonchev–Trinajstić information content (AvgIpc) is 2.69. The molecule has 0 spiro atoms. The van der Waals surface area contributed by atoms with Crippen molar-refractivity contribution in [1.82, 2.24) is 5.32 Å². The molecule has 0 atom stereocenters. The maximum atomic E-state index is 11.4. The number of carbonyl (C=O) groups is 1. The molecule has 15 heavy (non-hydrogen) atoms. The third-order valence-electron chi connectivity index (χ3n) is 1.80. The van der Waals surface area contributed by atoms with E-state index in [1.807, 2.05) is 13.8 Å². The Morgan fingerprint density at radius 2 is 2.40 bits per heavy atom. The molecule has 0 unspecified atom stereocenters. The zero-order valence-corrected chi connectivity index (χ0v) is 9.16. The van der Waals surface area contributed by atoms with Crippen LogP contribution in [0.5, 0.6) is 0 Å². The van der Waals surface area contributed by atoms with E-state index in [0.29, 0.717) is 18.9 Å². The van der Waals surface area contributed by atoms with E-state index in [9.17, 15) is 4.79 Å². The quantitative estimate of drug-likeness (QED) is 0.730. The minimum absolute atomic E-state index is 0.176. The molecule has 0 aliphatic carbocycles. The second-order valence-electron chi connectivity index (χ2n) is 3.51.